The lowest BCUT2D eigenvalue weighted by molar-refractivity contribution is 0.626. The van der Waals surface area contributed by atoms with Gasteiger partial charge in [-0.2, -0.15) is 0 Å². The quantitative estimate of drug-likeness (QED) is 0.669. The highest BCUT2D eigenvalue weighted by Crippen LogP contribution is 2.15. The van der Waals surface area contributed by atoms with Crippen LogP contribution >= 0.6 is 0 Å². The summed E-state index contributed by atoms with van der Waals surface area (Å²) in [7, 11) is 0. The van der Waals surface area contributed by atoms with E-state index in [9.17, 15) is 4.39 Å². The molecule has 13 heavy (non-hydrogen) atoms. The van der Waals surface area contributed by atoms with Crippen LogP contribution in [0.4, 0.5) is 4.39 Å². The van der Waals surface area contributed by atoms with Crippen LogP contribution in [-0.4, -0.2) is 6.21 Å². The summed E-state index contributed by atoms with van der Waals surface area (Å²) >= 11 is 0. The first-order valence-electron chi connectivity index (χ1n) is 3.88. The minimum atomic E-state index is -0.274. The van der Waals surface area contributed by atoms with Crippen LogP contribution in [0.15, 0.2) is 24.3 Å². The zero-order valence-electron chi connectivity index (χ0n) is 7.34. The number of rotatable bonds is 2. The van der Waals surface area contributed by atoms with E-state index in [2.05, 4.69) is 0 Å². The Balaban J connectivity index is 3.15. The minimum absolute atomic E-state index is 0.274. The molecule has 1 rings (SSSR count). The topological polar surface area (TPSA) is 49.9 Å². The largest absolute Gasteiger partial charge is 0.398 e. The Kier molecular flexibility index (Phi) is 2.80. The Morgan fingerprint density at radius 3 is 2.77 bits per heavy atom. The number of aryl methyl sites for hydroxylation is 1. The second-order valence-corrected chi connectivity index (χ2v) is 2.75. The molecule has 0 heterocycles. The van der Waals surface area contributed by atoms with E-state index >= 15 is 0 Å². The van der Waals surface area contributed by atoms with Gasteiger partial charge in [-0.15, -0.1) is 0 Å². The normalized spacial score (nSPS) is 11.4. The van der Waals surface area contributed by atoms with Crippen LogP contribution in [0, 0.1) is 18.2 Å². The van der Waals surface area contributed by atoms with Crippen molar-refractivity contribution in [1.82, 2.24) is 0 Å². The summed E-state index contributed by atoms with van der Waals surface area (Å²) in [6.07, 6.45) is 2.58. The molecule has 3 N–H and O–H groups in total. The second-order valence-electron chi connectivity index (χ2n) is 2.75. The molecule has 0 saturated carbocycles. The van der Waals surface area contributed by atoms with E-state index < -0.39 is 0 Å². The van der Waals surface area contributed by atoms with Gasteiger partial charge < -0.3 is 11.1 Å². The second kappa shape index (κ2) is 3.85. The van der Waals surface area contributed by atoms with Gasteiger partial charge in [-0.25, -0.2) is 4.39 Å². The Morgan fingerprint density at radius 2 is 2.23 bits per heavy atom. The molecule has 0 aliphatic carbocycles. The fraction of sp³-hybridized carbons (Fsp3) is 0.100. The lowest BCUT2D eigenvalue weighted by Crippen LogP contribution is -1.99. The van der Waals surface area contributed by atoms with Gasteiger partial charge in [0.25, 0.3) is 0 Å². The van der Waals surface area contributed by atoms with E-state index in [0.29, 0.717) is 5.70 Å². The molecule has 0 bridgehead atoms. The van der Waals surface area contributed by atoms with Gasteiger partial charge in [0.1, 0.15) is 5.82 Å². The molecular weight excluding hydrogens is 167 g/mol. The maximum Gasteiger partial charge on any atom is 0.123 e. The van der Waals surface area contributed by atoms with Crippen molar-refractivity contribution in [3.05, 3.63) is 41.2 Å². The monoisotopic (exact) mass is 178 g/mol. The van der Waals surface area contributed by atoms with E-state index in [1.807, 2.05) is 0 Å². The van der Waals surface area contributed by atoms with E-state index in [1.54, 1.807) is 13.0 Å². The Hall–Kier alpha value is -1.64. The molecule has 68 valence electrons. The van der Waals surface area contributed by atoms with Crippen LogP contribution in [-0.2, 0) is 0 Å². The van der Waals surface area contributed by atoms with Gasteiger partial charge >= 0.3 is 0 Å². The van der Waals surface area contributed by atoms with E-state index in [0.717, 1.165) is 17.3 Å². The lowest BCUT2D eigenvalue weighted by Gasteiger charge is -2.04. The average Bonchev–Trinajstić information content (AvgIpc) is 2.04. The molecular formula is C10H11FN2. The first kappa shape index (κ1) is 9.45. The third kappa shape index (κ3) is 2.15. The molecule has 0 saturated heterocycles. The number of allylic oxidation sites excluding steroid dienone is 1. The third-order valence-electron chi connectivity index (χ3n) is 1.76. The van der Waals surface area contributed by atoms with Crippen molar-refractivity contribution in [2.24, 2.45) is 5.73 Å². The highest BCUT2D eigenvalue weighted by atomic mass is 19.1. The lowest BCUT2D eigenvalue weighted by atomic mass is 10.1. The minimum Gasteiger partial charge on any atom is -0.398 e. The highest BCUT2D eigenvalue weighted by molar-refractivity contribution is 5.82. The van der Waals surface area contributed by atoms with Gasteiger partial charge in [0, 0.05) is 17.5 Å². The van der Waals surface area contributed by atoms with Crippen molar-refractivity contribution < 1.29 is 4.39 Å². The number of benzene rings is 1. The van der Waals surface area contributed by atoms with Crippen LogP contribution in [0.5, 0.6) is 0 Å². The predicted molar refractivity (Wildman–Crippen MR) is 52.1 cm³/mol. The number of hydrogen-bond donors (Lipinski definition) is 2. The fourth-order valence-corrected chi connectivity index (χ4v) is 1.13. The van der Waals surface area contributed by atoms with Gasteiger partial charge in [-0.1, -0.05) is 0 Å². The predicted octanol–water partition coefficient (Wildman–Crippen LogP) is 2.08. The van der Waals surface area contributed by atoms with E-state index in [-0.39, 0.29) is 5.82 Å². The van der Waals surface area contributed by atoms with Crippen molar-refractivity contribution in [3.63, 3.8) is 0 Å². The summed E-state index contributed by atoms with van der Waals surface area (Å²) in [5.74, 6) is -0.274. The summed E-state index contributed by atoms with van der Waals surface area (Å²) in [6.45, 7) is 1.78. The number of nitrogens with one attached hydrogen (secondary N) is 1. The molecule has 0 atom stereocenters. The molecule has 3 heteroatoms. The van der Waals surface area contributed by atoms with Crippen LogP contribution in [0.1, 0.15) is 11.1 Å². The van der Waals surface area contributed by atoms with Crippen LogP contribution in [0.3, 0.4) is 0 Å². The van der Waals surface area contributed by atoms with Gasteiger partial charge in [-0.3, -0.25) is 0 Å². The molecule has 1 aromatic rings. The molecule has 2 nitrogen and oxygen atoms in total. The maximum absolute atomic E-state index is 12.7. The van der Waals surface area contributed by atoms with Crippen LogP contribution in [0.25, 0.3) is 5.70 Å². The number of halogens is 1. The van der Waals surface area contributed by atoms with Crippen LogP contribution in [0.2, 0.25) is 0 Å². The number of nitrogens with two attached hydrogens (primary N) is 1. The summed E-state index contributed by atoms with van der Waals surface area (Å²) in [5.41, 5.74) is 7.67. The molecule has 0 aliphatic heterocycles. The Labute approximate surface area is 76.4 Å². The zero-order chi connectivity index (χ0) is 9.84. The maximum atomic E-state index is 12.7. The fourth-order valence-electron chi connectivity index (χ4n) is 1.13. The van der Waals surface area contributed by atoms with Crippen molar-refractivity contribution in [2.75, 3.05) is 0 Å². The zero-order valence-corrected chi connectivity index (χ0v) is 7.34. The molecule has 0 radical (unpaired) electrons. The Morgan fingerprint density at radius 1 is 1.54 bits per heavy atom. The molecule has 0 spiro atoms. The van der Waals surface area contributed by atoms with E-state index in [4.69, 9.17) is 11.1 Å². The van der Waals surface area contributed by atoms with Crippen molar-refractivity contribution in [1.29, 1.82) is 5.41 Å². The van der Waals surface area contributed by atoms with Crippen LogP contribution < -0.4 is 5.73 Å². The Bertz CT molecular complexity index is 356. The summed E-state index contributed by atoms with van der Waals surface area (Å²) in [6, 6.07) is 4.38. The van der Waals surface area contributed by atoms with Gasteiger partial charge in [0.15, 0.2) is 0 Å². The molecule has 0 fully saturated rings. The van der Waals surface area contributed by atoms with Crippen molar-refractivity contribution in [2.45, 2.75) is 6.92 Å². The summed E-state index contributed by atoms with van der Waals surface area (Å²) in [5, 5.41) is 6.84. The average molecular weight is 178 g/mol. The molecule has 1 aromatic carbocycles. The van der Waals surface area contributed by atoms with Gasteiger partial charge in [0.2, 0.25) is 0 Å². The van der Waals surface area contributed by atoms with E-state index in [1.165, 1.54) is 18.2 Å². The summed E-state index contributed by atoms with van der Waals surface area (Å²) in [4.78, 5) is 0. The first-order valence-corrected chi connectivity index (χ1v) is 3.88. The molecule has 0 aliphatic rings. The highest BCUT2D eigenvalue weighted by Gasteiger charge is 2.01. The van der Waals surface area contributed by atoms with Gasteiger partial charge in [-0.05, 0) is 36.8 Å². The summed E-state index contributed by atoms with van der Waals surface area (Å²) < 4.78 is 12.7. The number of hydrogen-bond acceptors (Lipinski definition) is 2. The van der Waals surface area contributed by atoms with Gasteiger partial charge in [0.05, 0.1) is 0 Å². The third-order valence-corrected chi connectivity index (χ3v) is 1.76. The smallest absolute Gasteiger partial charge is 0.123 e. The molecule has 0 amide bonds. The van der Waals surface area contributed by atoms with Crippen molar-refractivity contribution >= 4 is 11.9 Å². The molecule has 0 aromatic heterocycles. The standard InChI is InChI=1S/C10H11FN2/c1-7-6-8(11)2-3-9(7)10(13)4-5-12/h2-6,12H,13H2,1H3/b10-4-,12-5?. The SMILES string of the molecule is Cc1cc(F)ccc1/C(N)=C/C=N. The molecule has 0 unspecified atom stereocenters. The first-order chi connectivity index (χ1) is 6.15. The van der Waals surface area contributed by atoms with Crippen molar-refractivity contribution in [3.8, 4) is 0 Å².